The molecule has 0 bridgehead atoms. The van der Waals surface area contributed by atoms with Crippen molar-refractivity contribution in [3.05, 3.63) is 94.8 Å². The predicted octanol–water partition coefficient (Wildman–Crippen LogP) is 5.14. The van der Waals surface area contributed by atoms with Gasteiger partial charge in [-0.2, -0.15) is 13.2 Å². The number of ether oxygens (including phenoxy) is 1. The number of carbonyl (C=O) groups is 1. The number of halogens is 5. The Morgan fingerprint density at radius 3 is 2.29 bits per heavy atom. The summed E-state index contributed by atoms with van der Waals surface area (Å²) in [5.74, 6) is -1.40. The maximum atomic E-state index is 14.0. The molecule has 0 aliphatic heterocycles. The molecular formula is C25H24F5N3O2. The first-order valence-corrected chi connectivity index (χ1v) is 10.7. The van der Waals surface area contributed by atoms with Crippen LogP contribution in [0.3, 0.4) is 0 Å². The minimum absolute atomic E-state index is 0.00349. The lowest BCUT2D eigenvalue weighted by atomic mass is 9.96. The number of rotatable bonds is 9. The van der Waals surface area contributed by atoms with Crippen LogP contribution in [0.2, 0.25) is 0 Å². The van der Waals surface area contributed by atoms with Gasteiger partial charge in [0.05, 0.1) is 7.11 Å². The summed E-state index contributed by atoms with van der Waals surface area (Å²) in [6, 6.07) is 10.5. The Balaban J connectivity index is 1.91. The summed E-state index contributed by atoms with van der Waals surface area (Å²) in [5, 5.41) is 5.78. The van der Waals surface area contributed by atoms with Gasteiger partial charge in [-0.3, -0.25) is 15.1 Å². The fraction of sp³-hybridized carbons (Fsp3) is 0.280. The summed E-state index contributed by atoms with van der Waals surface area (Å²) in [7, 11) is 2.79. The third-order valence-electron chi connectivity index (χ3n) is 5.49. The number of nitrogens with zero attached hydrogens (tertiary/aromatic N) is 1. The third-order valence-corrected chi connectivity index (χ3v) is 5.49. The first-order valence-electron chi connectivity index (χ1n) is 10.7. The first kappa shape index (κ1) is 26.1. The van der Waals surface area contributed by atoms with Gasteiger partial charge in [-0.1, -0.05) is 24.3 Å². The van der Waals surface area contributed by atoms with Crippen LogP contribution >= 0.6 is 0 Å². The van der Waals surface area contributed by atoms with Crippen molar-refractivity contribution in [2.45, 2.75) is 31.1 Å². The molecule has 0 saturated carbocycles. The van der Waals surface area contributed by atoms with E-state index in [1.54, 1.807) is 0 Å². The molecule has 0 aliphatic carbocycles. The minimum Gasteiger partial charge on any atom is -0.494 e. The van der Waals surface area contributed by atoms with E-state index in [0.29, 0.717) is 29.5 Å². The Morgan fingerprint density at radius 2 is 1.71 bits per heavy atom. The maximum Gasteiger partial charge on any atom is 0.433 e. The van der Waals surface area contributed by atoms with Crippen molar-refractivity contribution >= 4 is 5.91 Å². The molecule has 0 unspecified atom stereocenters. The fourth-order valence-corrected chi connectivity index (χ4v) is 3.61. The van der Waals surface area contributed by atoms with E-state index in [9.17, 15) is 26.7 Å². The molecule has 3 rings (SSSR count). The van der Waals surface area contributed by atoms with Crippen molar-refractivity contribution < 1.29 is 31.5 Å². The van der Waals surface area contributed by atoms with Crippen molar-refractivity contribution in [2.75, 3.05) is 14.2 Å². The van der Waals surface area contributed by atoms with Crippen LogP contribution in [-0.2, 0) is 17.4 Å². The SMILES string of the molecule is CNC(=O)[C@@H](N[C@H](CCc1ccc(C(F)(F)F)nc1)c1ccc(F)c(OC)c1)c1ccc(F)cc1. The van der Waals surface area contributed by atoms with Crippen LogP contribution < -0.4 is 15.4 Å². The minimum atomic E-state index is -4.54. The Morgan fingerprint density at radius 1 is 1.03 bits per heavy atom. The molecule has 186 valence electrons. The lowest BCUT2D eigenvalue weighted by Crippen LogP contribution is -2.38. The largest absolute Gasteiger partial charge is 0.494 e. The number of alkyl halides is 3. The van der Waals surface area contributed by atoms with Gasteiger partial charge in [-0.15, -0.1) is 0 Å². The second-order valence-electron chi connectivity index (χ2n) is 7.80. The van der Waals surface area contributed by atoms with Crippen molar-refractivity contribution in [3.8, 4) is 5.75 Å². The molecule has 1 heterocycles. The van der Waals surface area contributed by atoms with Gasteiger partial charge in [0.2, 0.25) is 5.91 Å². The average molecular weight is 493 g/mol. The number of nitrogens with one attached hydrogen (secondary N) is 2. The summed E-state index contributed by atoms with van der Waals surface area (Å²) >= 11 is 0. The number of hydrogen-bond donors (Lipinski definition) is 2. The van der Waals surface area contributed by atoms with Crippen molar-refractivity contribution in [2.24, 2.45) is 0 Å². The molecular weight excluding hydrogens is 469 g/mol. The number of aromatic nitrogens is 1. The highest BCUT2D eigenvalue weighted by Gasteiger charge is 2.32. The third kappa shape index (κ3) is 6.75. The Bertz CT molecular complexity index is 1140. The summed E-state index contributed by atoms with van der Waals surface area (Å²) in [6.45, 7) is 0. The Hall–Kier alpha value is -3.53. The fourth-order valence-electron chi connectivity index (χ4n) is 3.61. The van der Waals surface area contributed by atoms with E-state index in [1.807, 2.05) is 0 Å². The number of pyridine rings is 1. The molecule has 2 N–H and O–H groups in total. The first-order chi connectivity index (χ1) is 16.6. The Kier molecular flexibility index (Phi) is 8.39. The number of carbonyl (C=O) groups excluding carboxylic acids is 1. The average Bonchev–Trinajstić information content (AvgIpc) is 2.84. The zero-order valence-corrected chi connectivity index (χ0v) is 19.0. The number of methoxy groups -OCH3 is 1. The molecule has 10 heteroatoms. The van der Waals surface area contributed by atoms with Crippen LogP contribution in [0.1, 0.15) is 40.9 Å². The molecule has 1 aromatic heterocycles. The molecule has 35 heavy (non-hydrogen) atoms. The second-order valence-corrected chi connectivity index (χ2v) is 7.80. The summed E-state index contributed by atoms with van der Waals surface area (Å²) in [4.78, 5) is 16.2. The number of hydrogen-bond acceptors (Lipinski definition) is 4. The van der Waals surface area contributed by atoms with Gasteiger partial charge < -0.3 is 10.1 Å². The zero-order chi connectivity index (χ0) is 25.6. The maximum absolute atomic E-state index is 14.0. The molecule has 2 atom stereocenters. The van der Waals surface area contributed by atoms with Gasteiger partial charge in [0.25, 0.3) is 0 Å². The van der Waals surface area contributed by atoms with E-state index in [-0.39, 0.29) is 11.7 Å². The van der Waals surface area contributed by atoms with Crippen molar-refractivity contribution in [1.29, 1.82) is 0 Å². The van der Waals surface area contributed by atoms with Crippen LogP contribution in [0.25, 0.3) is 0 Å². The van der Waals surface area contributed by atoms with Gasteiger partial charge in [0, 0.05) is 19.3 Å². The molecule has 3 aromatic rings. The number of likely N-dealkylation sites (N-methyl/N-ethyl adjacent to an activating group) is 1. The van der Waals surface area contributed by atoms with E-state index in [0.717, 1.165) is 12.3 Å². The normalized spacial score (nSPS) is 13.2. The van der Waals surface area contributed by atoms with Gasteiger partial charge in [-0.25, -0.2) is 8.78 Å². The summed E-state index contributed by atoms with van der Waals surface area (Å²) in [5.41, 5.74) is 0.660. The molecule has 0 aliphatic rings. The second kappa shape index (κ2) is 11.3. The lowest BCUT2D eigenvalue weighted by Gasteiger charge is -2.26. The van der Waals surface area contributed by atoms with E-state index in [4.69, 9.17) is 4.74 Å². The van der Waals surface area contributed by atoms with Crippen LogP contribution in [0.5, 0.6) is 5.75 Å². The molecule has 1 amide bonds. The molecule has 0 radical (unpaired) electrons. The summed E-state index contributed by atoms with van der Waals surface area (Å²) < 4.78 is 71.0. The molecule has 5 nitrogen and oxygen atoms in total. The summed E-state index contributed by atoms with van der Waals surface area (Å²) in [6.07, 6.45) is -2.74. The smallest absolute Gasteiger partial charge is 0.433 e. The molecule has 2 aromatic carbocycles. The predicted molar refractivity (Wildman–Crippen MR) is 120 cm³/mol. The van der Waals surface area contributed by atoms with Gasteiger partial charge in [0.1, 0.15) is 17.6 Å². The topological polar surface area (TPSA) is 63.2 Å². The van der Waals surface area contributed by atoms with Crippen LogP contribution in [0, 0.1) is 11.6 Å². The van der Waals surface area contributed by atoms with Crippen LogP contribution in [0.15, 0.2) is 60.8 Å². The van der Waals surface area contributed by atoms with Crippen molar-refractivity contribution in [3.63, 3.8) is 0 Å². The number of benzene rings is 2. The van der Waals surface area contributed by atoms with Crippen molar-refractivity contribution in [1.82, 2.24) is 15.6 Å². The van der Waals surface area contributed by atoms with Gasteiger partial charge >= 0.3 is 6.18 Å². The van der Waals surface area contributed by atoms with Crippen LogP contribution in [0.4, 0.5) is 22.0 Å². The zero-order valence-electron chi connectivity index (χ0n) is 19.0. The Labute approximate surface area is 199 Å². The van der Waals surface area contributed by atoms with Gasteiger partial charge in [0.15, 0.2) is 11.6 Å². The molecule has 0 spiro atoms. The highest BCUT2D eigenvalue weighted by molar-refractivity contribution is 5.83. The van der Waals surface area contributed by atoms with Crippen LogP contribution in [-0.4, -0.2) is 25.0 Å². The lowest BCUT2D eigenvalue weighted by molar-refractivity contribution is -0.141. The quantitative estimate of drug-likeness (QED) is 0.406. The van der Waals surface area contributed by atoms with E-state index in [1.165, 1.54) is 62.7 Å². The van der Waals surface area contributed by atoms with E-state index < -0.39 is 35.6 Å². The number of amides is 1. The van der Waals surface area contributed by atoms with Gasteiger partial charge in [-0.05, 0) is 59.9 Å². The highest BCUT2D eigenvalue weighted by Crippen LogP contribution is 2.30. The van der Waals surface area contributed by atoms with E-state index >= 15 is 0 Å². The monoisotopic (exact) mass is 493 g/mol. The number of aryl methyl sites for hydroxylation is 1. The molecule has 0 fully saturated rings. The van der Waals surface area contributed by atoms with E-state index in [2.05, 4.69) is 15.6 Å². The standard InChI is InChI=1S/C25H24F5N3O2/c1-31-24(34)23(16-5-8-18(26)9-6-16)33-20(17-7-10-19(27)21(13-17)35-2)11-3-15-4-12-22(32-14-15)25(28,29)30/h4-10,12-14,20,23,33H,3,11H2,1-2H3,(H,31,34)/t20-,23+/m1/s1. The molecule has 0 saturated heterocycles. The highest BCUT2D eigenvalue weighted by atomic mass is 19.4.